The molecule has 0 spiro atoms. The molecule has 0 radical (unpaired) electrons. The van der Waals surface area contributed by atoms with Crippen LogP contribution in [0.2, 0.25) is 0 Å². The standard InChI is InChI=1S/C24H44O7/c1-15(2)18(7)12-29-21(25)10-24(28,23(27)31-14-20(9)17(5)6)11-22(26)30-13-19(8)16(3)4/h15-20,28H,10-14H2,1-9H3. The number of ether oxygens (including phenoxy) is 3. The van der Waals surface area contributed by atoms with Gasteiger partial charge < -0.3 is 19.3 Å². The van der Waals surface area contributed by atoms with Gasteiger partial charge in [-0.15, -0.1) is 0 Å². The highest BCUT2D eigenvalue weighted by Crippen LogP contribution is 2.22. The average molecular weight is 445 g/mol. The molecule has 0 saturated heterocycles. The summed E-state index contributed by atoms with van der Waals surface area (Å²) in [6.45, 7) is 18.2. The lowest BCUT2D eigenvalue weighted by Gasteiger charge is -2.26. The molecule has 0 bridgehead atoms. The van der Waals surface area contributed by atoms with E-state index in [0.717, 1.165) is 0 Å². The van der Waals surface area contributed by atoms with Crippen LogP contribution in [-0.2, 0) is 28.6 Å². The molecule has 0 saturated carbocycles. The molecule has 0 aromatic carbocycles. The van der Waals surface area contributed by atoms with Crippen LogP contribution in [0.5, 0.6) is 0 Å². The fourth-order valence-electron chi connectivity index (χ4n) is 2.15. The number of esters is 3. The average Bonchev–Trinajstić information content (AvgIpc) is 2.67. The van der Waals surface area contributed by atoms with Crippen LogP contribution < -0.4 is 0 Å². The molecule has 7 nitrogen and oxygen atoms in total. The Morgan fingerprint density at radius 3 is 1.19 bits per heavy atom. The molecule has 0 amide bonds. The summed E-state index contributed by atoms with van der Waals surface area (Å²) in [7, 11) is 0. The first-order valence-electron chi connectivity index (χ1n) is 11.4. The number of hydrogen-bond acceptors (Lipinski definition) is 7. The zero-order valence-electron chi connectivity index (χ0n) is 20.9. The van der Waals surface area contributed by atoms with Crippen molar-refractivity contribution in [2.45, 2.75) is 80.8 Å². The highest BCUT2D eigenvalue weighted by molar-refractivity contribution is 5.90. The number of carbonyl (C=O) groups is 3. The highest BCUT2D eigenvalue weighted by Gasteiger charge is 2.43. The first kappa shape index (κ1) is 29.4. The number of carbonyl (C=O) groups excluding carboxylic acids is 3. The van der Waals surface area contributed by atoms with Gasteiger partial charge in [-0.25, -0.2) is 4.79 Å². The predicted molar refractivity (Wildman–Crippen MR) is 119 cm³/mol. The van der Waals surface area contributed by atoms with Crippen LogP contribution in [0, 0.1) is 35.5 Å². The van der Waals surface area contributed by atoms with E-state index in [1.807, 2.05) is 62.3 Å². The summed E-state index contributed by atoms with van der Waals surface area (Å²) in [5.41, 5.74) is -2.33. The van der Waals surface area contributed by atoms with Gasteiger partial charge in [-0.05, 0) is 35.5 Å². The molecule has 3 unspecified atom stereocenters. The molecule has 0 aliphatic carbocycles. The lowest BCUT2D eigenvalue weighted by atomic mass is 9.94. The maximum absolute atomic E-state index is 12.7. The molecule has 1 N–H and O–H groups in total. The Morgan fingerprint density at radius 2 is 0.903 bits per heavy atom. The van der Waals surface area contributed by atoms with E-state index in [1.165, 1.54) is 0 Å². The first-order chi connectivity index (χ1) is 14.2. The largest absolute Gasteiger partial charge is 0.465 e. The third-order valence-corrected chi connectivity index (χ3v) is 6.16. The fraction of sp³-hybridized carbons (Fsp3) is 0.875. The molecule has 0 heterocycles. The minimum atomic E-state index is -2.33. The number of hydrogen-bond donors (Lipinski definition) is 1. The second-order valence-electron chi connectivity index (χ2n) is 10.0. The van der Waals surface area contributed by atoms with E-state index in [4.69, 9.17) is 14.2 Å². The summed E-state index contributed by atoms with van der Waals surface area (Å²) >= 11 is 0. The van der Waals surface area contributed by atoms with Gasteiger partial charge in [0.1, 0.15) is 0 Å². The molecule has 0 aliphatic rings. The van der Waals surface area contributed by atoms with Crippen molar-refractivity contribution in [2.75, 3.05) is 19.8 Å². The molecular weight excluding hydrogens is 400 g/mol. The van der Waals surface area contributed by atoms with Crippen molar-refractivity contribution >= 4 is 17.9 Å². The number of aliphatic hydroxyl groups is 1. The Kier molecular flexibility index (Phi) is 13.0. The molecule has 182 valence electrons. The molecule has 0 aliphatic heterocycles. The maximum Gasteiger partial charge on any atom is 0.339 e. The van der Waals surface area contributed by atoms with Gasteiger partial charge in [-0.1, -0.05) is 62.3 Å². The van der Waals surface area contributed by atoms with Gasteiger partial charge in [-0.2, -0.15) is 0 Å². The third-order valence-electron chi connectivity index (χ3n) is 6.16. The zero-order chi connectivity index (χ0) is 24.4. The van der Waals surface area contributed by atoms with Crippen LogP contribution in [0.1, 0.15) is 75.2 Å². The van der Waals surface area contributed by atoms with Crippen LogP contribution in [0.15, 0.2) is 0 Å². The lowest BCUT2D eigenvalue weighted by molar-refractivity contribution is -0.179. The fourth-order valence-corrected chi connectivity index (χ4v) is 2.15. The van der Waals surface area contributed by atoms with Gasteiger partial charge in [0.15, 0.2) is 5.60 Å². The SMILES string of the molecule is CC(C)C(C)COC(=O)CC(O)(CC(=O)OCC(C)C(C)C)C(=O)OCC(C)C(C)C. The van der Waals surface area contributed by atoms with Crippen molar-refractivity contribution in [3.8, 4) is 0 Å². The van der Waals surface area contributed by atoms with Crippen LogP contribution in [0.25, 0.3) is 0 Å². The highest BCUT2D eigenvalue weighted by atomic mass is 16.6. The second kappa shape index (κ2) is 13.7. The summed E-state index contributed by atoms with van der Waals surface area (Å²) in [5.74, 6) is -1.32. The van der Waals surface area contributed by atoms with Crippen molar-refractivity contribution in [3.05, 3.63) is 0 Å². The Morgan fingerprint density at radius 1 is 0.613 bits per heavy atom. The van der Waals surface area contributed by atoms with Crippen LogP contribution in [0.4, 0.5) is 0 Å². The second-order valence-corrected chi connectivity index (χ2v) is 10.0. The van der Waals surface area contributed by atoms with E-state index >= 15 is 0 Å². The van der Waals surface area contributed by atoms with Gasteiger partial charge in [0, 0.05) is 0 Å². The summed E-state index contributed by atoms with van der Waals surface area (Å²) < 4.78 is 15.7. The van der Waals surface area contributed by atoms with Gasteiger partial charge in [0.25, 0.3) is 0 Å². The first-order valence-corrected chi connectivity index (χ1v) is 11.4. The minimum Gasteiger partial charge on any atom is -0.465 e. The quantitative estimate of drug-likeness (QED) is 0.319. The Hall–Kier alpha value is -1.63. The molecule has 3 atom stereocenters. The van der Waals surface area contributed by atoms with Crippen LogP contribution in [-0.4, -0.2) is 48.4 Å². The third kappa shape index (κ3) is 11.5. The van der Waals surface area contributed by atoms with Crippen molar-refractivity contribution in [1.29, 1.82) is 0 Å². The van der Waals surface area contributed by atoms with Gasteiger partial charge in [-0.3, -0.25) is 9.59 Å². The maximum atomic E-state index is 12.7. The van der Waals surface area contributed by atoms with E-state index in [0.29, 0.717) is 11.8 Å². The normalized spacial score (nSPS) is 16.5. The molecule has 0 aromatic heterocycles. The Balaban J connectivity index is 5.19. The van der Waals surface area contributed by atoms with E-state index in [-0.39, 0.29) is 43.5 Å². The Labute approximate surface area is 188 Å². The van der Waals surface area contributed by atoms with Crippen molar-refractivity contribution < 1.29 is 33.7 Å². The van der Waals surface area contributed by atoms with Crippen molar-refractivity contribution in [1.82, 2.24) is 0 Å². The molecule has 0 aromatic rings. The van der Waals surface area contributed by atoms with E-state index in [9.17, 15) is 19.5 Å². The molecular formula is C24H44O7. The lowest BCUT2D eigenvalue weighted by Crippen LogP contribution is -2.45. The number of rotatable bonds is 14. The minimum absolute atomic E-state index is 0.0610. The van der Waals surface area contributed by atoms with Gasteiger partial charge in [0.2, 0.25) is 0 Å². The van der Waals surface area contributed by atoms with E-state index in [1.54, 1.807) is 0 Å². The smallest absolute Gasteiger partial charge is 0.339 e. The predicted octanol–water partition coefficient (Wildman–Crippen LogP) is 4.00. The molecule has 0 fully saturated rings. The van der Waals surface area contributed by atoms with Gasteiger partial charge in [0.05, 0.1) is 32.7 Å². The summed E-state index contributed by atoms with van der Waals surface area (Å²) in [5, 5.41) is 10.9. The van der Waals surface area contributed by atoms with Gasteiger partial charge >= 0.3 is 17.9 Å². The molecule has 7 heteroatoms. The summed E-state index contributed by atoms with van der Waals surface area (Å²) in [6.07, 6.45) is -1.33. The topological polar surface area (TPSA) is 99.1 Å². The van der Waals surface area contributed by atoms with Crippen LogP contribution in [0.3, 0.4) is 0 Å². The molecule has 31 heavy (non-hydrogen) atoms. The summed E-state index contributed by atoms with van der Waals surface area (Å²) in [6, 6.07) is 0. The summed E-state index contributed by atoms with van der Waals surface area (Å²) in [4.78, 5) is 37.3. The Bertz CT molecular complexity index is 536. The van der Waals surface area contributed by atoms with Crippen molar-refractivity contribution in [2.24, 2.45) is 35.5 Å². The monoisotopic (exact) mass is 444 g/mol. The van der Waals surface area contributed by atoms with Crippen LogP contribution >= 0.6 is 0 Å². The van der Waals surface area contributed by atoms with Crippen molar-refractivity contribution in [3.63, 3.8) is 0 Å². The van der Waals surface area contributed by atoms with E-state index < -0.39 is 36.4 Å². The zero-order valence-corrected chi connectivity index (χ0v) is 20.9. The van der Waals surface area contributed by atoms with E-state index in [2.05, 4.69) is 0 Å². The molecule has 0 rings (SSSR count).